The van der Waals surface area contributed by atoms with Gasteiger partial charge in [-0.25, -0.2) is 0 Å². The first kappa shape index (κ1) is 20.2. The number of hydrogen-bond donors (Lipinski definition) is 1. The van der Waals surface area contributed by atoms with Crippen LogP contribution in [0.25, 0.3) is 10.9 Å². The van der Waals surface area contributed by atoms with Crippen LogP contribution in [-0.4, -0.2) is 30.2 Å². The van der Waals surface area contributed by atoms with E-state index in [4.69, 9.17) is 4.74 Å². The Hall–Kier alpha value is -2.59. The lowest BCUT2D eigenvalue weighted by Crippen LogP contribution is -2.25. The van der Waals surface area contributed by atoms with Gasteiger partial charge in [0.05, 0.1) is 0 Å². The molecule has 3 aromatic rings. The van der Waals surface area contributed by atoms with Gasteiger partial charge in [0.1, 0.15) is 0 Å². The normalized spacial score (nSPS) is 11.1. The highest BCUT2D eigenvalue weighted by Gasteiger charge is 2.10. The van der Waals surface area contributed by atoms with E-state index in [2.05, 4.69) is 71.5 Å². The van der Waals surface area contributed by atoms with Gasteiger partial charge in [-0.15, -0.1) is 0 Å². The van der Waals surface area contributed by atoms with Crippen molar-refractivity contribution in [2.24, 2.45) is 0 Å². The van der Waals surface area contributed by atoms with Gasteiger partial charge in [-0.3, -0.25) is 4.79 Å². The van der Waals surface area contributed by atoms with E-state index in [1.165, 1.54) is 27.6 Å². The second-order valence-corrected chi connectivity index (χ2v) is 7.19. The predicted octanol–water partition coefficient (Wildman–Crippen LogP) is 4.47. The highest BCUT2D eigenvalue weighted by atomic mass is 16.5. The minimum atomic E-state index is 0.104. The van der Waals surface area contributed by atoms with Crippen LogP contribution in [0.4, 0.5) is 0 Å². The number of nitrogens with zero attached hydrogens (tertiary/aromatic N) is 1. The summed E-state index contributed by atoms with van der Waals surface area (Å²) in [5, 5.41) is 4.22. The summed E-state index contributed by atoms with van der Waals surface area (Å²) >= 11 is 0. The lowest BCUT2D eigenvalue weighted by atomic mass is 10.1. The Bertz CT molecular complexity index is 897. The van der Waals surface area contributed by atoms with Crippen molar-refractivity contribution >= 4 is 16.8 Å². The zero-order valence-electron chi connectivity index (χ0n) is 16.9. The smallest absolute Gasteiger partial charge is 0.220 e. The number of ether oxygens (including phenoxy) is 1. The Morgan fingerprint density at radius 3 is 2.68 bits per heavy atom. The maximum Gasteiger partial charge on any atom is 0.220 e. The van der Waals surface area contributed by atoms with E-state index in [0.29, 0.717) is 19.6 Å². The van der Waals surface area contributed by atoms with Crippen molar-refractivity contribution in [2.75, 3.05) is 19.8 Å². The number of rotatable bonds is 10. The summed E-state index contributed by atoms with van der Waals surface area (Å²) in [4.78, 5) is 12.2. The molecule has 148 valence electrons. The molecule has 0 fully saturated rings. The van der Waals surface area contributed by atoms with Gasteiger partial charge in [0.2, 0.25) is 5.91 Å². The Balaban J connectivity index is 1.63. The third-order valence-corrected chi connectivity index (χ3v) is 4.96. The van der Waals surface area contributed by atoms with Crippen LogP contribution in [0, 0.1) is 6.92 Å². The molecule has 0 aliphatic carbocycles. The highest BCUT2D eigenvalue weighted by Crippen LogP contribution is 2.23. The second-order valence-electron chi connectivity index (χ2n) is 7.19. The van der Waals surface area contributed by atoms with E-state index < -0.39 is 0 Å². The first-order valence-electron chi connectivity index (χ1n) is 10.1. The van der Waals surface area contributed by atoms with Crippen LogP contribution in [0.3, 0.4) is 0 Å². The Morgan fingerprint density at radius 2 is 1.89 bits per heavy atom. The van der Waals surface area contributed by atoms with Gasteiger partial charge < -0.3 is 14.6 Å². The third-order valence-electron chi connectivity index (χ3n) is 4.96. The van der Waals surface area contributed by atoms with Crippen molar-refractivity contribution in [1.82, 2.24) is 9.88 Å². The van der Waals surface area contributed by atoms with E-state index in [9.17, 15) is 4.79 Å². The number of carbonyl (C=O) groups excluding carboxylic acids is 1. The summed E-state index contributed by atoms with van der Waals surface area (Å²) in [5.41, 5.74) is 5.00. The number of benzene rings is 2. The van der Waals surface area contributed by atoms with E-state index in [1.54, 1.807) is 0 Å². The fraction of sp³-hybridized carbons (Fsp3) is 0.375. The quantitative estimate of drug-likeness (QED) is 0.529. The van der Waals surface area contributed by atoms with Gasteiger partial charge in [-0.05, 0) is 43.9 Å². The SMILES string of the molecule is CCOCCCNC(=O)CCc1cn(Cc2ccc(C)cc2)c2ccccc12. The van der Waals surface area contributed by atoms with Crippen LogP contribution >= 0.6 is 0 Å². The van der Waals surface area contributed by atoms with Crippen molar-refractivity contribution in [1.29, 1.82) is 0 Å². The molecule has 1 aromatic heterocycles. The third kappa shape index (κ3) is 5.46. The number of aryl methyl sites for hydroxylation is 2. The van der Waals surface area contributed by atoms with Crippen LogP contribution in [0.5, 0.6) is 0 Å². The fourth-order valence-electron chi connectivity index (χ4n) is 3.43. The Kier molecular flexibility index (Phi) is 7.26. The lowest BCUT2D eigenvalue weighted by Gasteiger charge is -2.06. The number of hydrogen-bond acceptors (Lipinski definition) is 2. The zero-order valence-corrected chi connectivity index (χ0v) is 16.9. The molecule has 2 aromatic carbocycles. The standard InChI is InChI=1S/C24H30N2O2/c1-3-28-16-6-15-25-24(27)14-13-21-18-26(23-8-5-4-7-22(21)23)17-20-11-9-19(2)10-12-20/h4-5,7-12,18H,3,6,13-17H2,1-2H3,(H,25,27). The number of nitrogens with one attached hydrogen (secondary N) is 1. The lowest BCUT2D eigenvalue weighted by molar-refractivity contribution is -0.121. The van der Waals surface area contributed by atoms with Crippen LogP contribution in [-0.2, 0) is 22.5 Å². The molecule has 0 aliphatic heterocycles. The largest absolute Gasteiger partial charge is 0.382 e. The minimum absolute atomic E-state index is 0.104. The number of carbonyl (C=O) groups is 1. The molecule has 0 saturated carbocycles. The van der Waals surface area contributed by atoms with Crippen molar-refractivity contribution in [3.8, 4) is 0 Å². The van der Waals surface area contributed by atoms with Crippen LogP contribution in [0.1, 0.15) is 36.5 Å². The molecule has 4 heteroatoms. The predicted molar refractivity (Wildman–Crippen MR) is 115 cm³/mol. The Morgan fingerprint density at radius 1 is 1.11 bits per heavy atom. The van der Waals surface area contributed by atoms with Gasteiger partial charge in [0.15, 0.2) is 0 Å². The summed E-state index contributed by atoms with van der Waals surface area (Å²) in [6, 6.07) is 17.1. The van der Waals surface area contributed by atoms with E-state index >= 15 is 0 Å². The molecular formula is C24H30N2O2. The van der Waals surface area contributed by atoms with E-state index in [1.807, 2.05) is 6.92 Å². The zero-order chi connectivity index (χ0) is 19.8. The number of para-hydroxylation sites is 1. The molecule has 0 saturated heterocycles. The molecule has 1 heterocycles. The molecule has 1 N–H and O–H groups in total. The molecular weight excluding hydrogens is 348 g/mol. The maximum absolute atomic E-state index is 12.2. The molecule has 0 spiro atoms. The summed E-state index contributed by atoms with van der Waals surface area (Å²) in [7, 11) is 0. The molecule has 0 unspecified atom stereocenters. The van der Waals surface area contributed by atoms with Crippen LogP contribution in [0.15, 0.2) is 54.7 Å². The number of fused-ring (bicyclic) bond motifs is 1. The van der Waals surface area contributed by atoms with Crippen molar-refractivity contribution in [3.63, 3.8) is 0 Å². The summed E-state index contributed by atoms with van der Waals surface area (Å²) < 4.78 is 7.58. The monoisotopic (exact) mass is 378 g/mol. The first-order valence-corrected chi connectivity index (χ1v) is 10.1. The van der Waals surface area contributed by atoms with E-state index in [0.717, 1.165) is 26.0 Å². The second kappa shape index (κ2) is 10.1. The average Bonchev–Trinajstić information content (AvgIpc) is 3.06. The summed E-state index contributed by atoms with van der Waals surface area (Å²) in [6.07, 6.45) is 4.31. The average molecular weight is 379 g/mol. The van der Waals surface area contributed by atoms with Gasteiger partial charge in [0, 0.05) is 49.8 Å². The van der Waals surface area contributed by atoms with Crippen molar-refractivity contribution in [3.05, 3.63) is 71.4 Å². The van der Waals surface area contributed by atoms with Gasteiger partial charge >= 0.3 is 0 Å². The molecule has 28 heavy (non-hydrogen) atoms. The fourth-order valence-corrected chi connectivity index (χ4v) is 3.43. The molecule has 3 rings (SSSR count). The first-order chi connectivity index (χ1) is 13.7. The van der Waals surface area contributed by atoms with Gasteiger partial charge in [0.25, 0.3) is 0 Å². The highest BCUT2D eigenvalue weighted by molar-refractivity contribution is 5.85. The molecule has 4 nitrogen and oxygen atoms in total. The van der Waals surface area contributed by atoms with Crippen molar-refractivity contribution < 1.29 is 9.53 Å². The Labute approximate surface area is 167 Å². The summed E-state index contributed by atoms with van der Waals surface area (Å²) in [6.45, 7) is 7.02. The number of amides is 1. The van der Waals surface area contributed by atoms with Gasteiger partial charge in [-0.1, -0.05) is 48.0 Å². The topological polar surface area (TPSA) is 43.3 Å². The van der Waals surface area contributed by atoms with Gasteiger partial charge in [-0.2, -0.15) is 0 Å². The molecule has 0 radical (unpaired) electrons. The molecule has 0 bridgehead atoms. The minimum Gasteiger partial charge on any atom is -0.382 e. The van der Waals surface area contributed by atoms with E-state index in [-0.39, 0.29) is 5.91 Å². The molecule has 0 atom stereocenters. The molecule has 1 amide bonds. The van der Waals surface area contributed by atoms with Crippen LogP contribution < -0.4 is 5.32 Å². The maximum atomic E-state index is 12.2. The van der Waals surface area contributed by atoms with Crippen molar-refractivity contribution in [2.45, 2.75) is 39.7 Å². The summed E-state index contributed by atoms with van der Waals surface area (Å²) in [5.74, 6) is 0.104. The molecule has 0 aliphatic rings. The van der Waals surface area contributed by atoms with Crippen LogP contribution in [0.2, 0.25) is 0 Å². The number of aromatic nitrogens is 1.